The van der Waals surface area contributed by atoms with Crippen molar-refractivity contribution in [1.29, 1.82) is 0 Å². The zero-order valence-electron chi connectivity index (χ0n) is 10.2. The van der Waals surface area contributed by atoms with E-state index in [9.17, 15) is 0 Å². The molecule has 0 fully saturated rings. The van der Waals surface area contributed by atoms with Gasteiger partial charge >= 0.3 is 0 Å². The van der Waals surface area contributed by atoms with Crippen molar-refractivity contribution in [2.75, 3.05) is 7.05 Å². The fraction of sp³-hybridized carbons (Fsp3) is 0.0625. The van der Waals surface area contributed by atoms with Gasteiger partial charge in [-0.15, -0.1) is 0 Å². The van der Waals surface area contributed by atoms with Gasteiger partial charge in [0, 0.05) is 36.3 Å². The lowest BCUT2D eigenvalue weighted by Crippen LogP contribution is -2.09. The van der Waals surface area contributed by atoms with E-state index < -0.39 is 0 Å². The van der Waals surface area contributed by atoms with E-state index in [1.54, 1.807) is 0 Å². The van der Waals surface area contributed by atoms with Crippen molar-refractivity contribution in [3.63, 3.8) is 0 Å². The van der Waals surface area contributed by atoms with Crippen molar-refractivity contribution < 1.29 is 0 Å². The smallest absolute Gasteiger partial charge is 0.0708 e. The monoisotopic (exact) mass is 234 g/mol. The number of benzene rings is 1. The lowest BCUT2D eigenvalue weighted by atomic mass is 10.1. The van der Waals surface area contributed by atoms with Gasteiger partial charge in [0.15, 0.2) is 0 Å². The molecule has 2 nitrogen and oxygen atoms in total. The first-order valence-corrected chi connectivity index (χ1v) is 5.98. The number of rotatable bonds is 1. The van der Waals surface area contributed by atoms with Crippen LogP contribution in [0.1, 0.15) is 5.56 Å². The van der Waals surface area contributed by atoms with Crippen molar-refractivity contribution in [1.82, 2.24) is 4.90 Å². The summed E-state index contributed by atoms with van der Waals surface area (Å²) in [6, 6.07) is 8.20. The summed E-state index contributed by atoms with van der Waals surface area (Å²) in [7, 11) is 2.04. The van der Waals surface area contributed by atoms with Gasteiger partial charge < -0.3 is 4.90 Å². The number of para-hydroxylation sites is 1. The Balaban J connectivity index is 1.92. The van der Waals surface area contributed by atoms with Crippen LogP contribution in [0.5, 0.6) is 0 Å². The van der Waals surface area contributed by atoms with Crippen molar-refractivity contribution >= 4 is 17.5 Å². The molecule has 0 bridgehead atoms. The second-order valence-electron chi connectivity index (χ2n) is 4.30. The third kappa shape index (κ3) is 1.93. The fourth-order valence-corrected chi connectivity index (χ4v) is 2.06. The molecule has 0 N–H and O–H groups in total. The van der Waals surface area contributed by atoms with Gasteiger partial charge in [0.05, 0.1) is 5.69 Å². The Bertz CT molecular complexity index is 616. The number of hydrogen-bond donors (Lipinski definition) is 0. The lowest BCUT2D eigenvalue weighted by Gasteiger charge is -2.17. The summed E-state index contributed by atoms with van der Waals surface area (Å²) in [6.45, 7) is 0. The maximum atomic E-state index is 4.40. The van der Waals surface area contributed by atoms with Crippen LogP contribution in [0.4, 0.5) is 5.69 Å². The van der Waals surface area contributed by atoms with Crippen LogP contribution in [0.15, 0.2) is 71.5 Å². The van der Waals surface area contributed by atoms with Gasteiger partial charge in [-0.3, -0.25) is 4.99 Å². The number of fused-ring (bicyclic) bond motifs is 1. The largest absolute Gasteiger partial charge is 0.351 e. The summed E-state index contributed by atoms with van der Waals surface area (Å²) >= 11 is 0. The van der Waals surface area contributed by atoms with Gasteiger partial charge in [-0.25, -0.2) is 0 Å². The second-order valence-corrected chi connectivity index (χ2v) is 4.30. The summed E-state index contributed by atoms with van der Waals surface area (Å²) in [5.74, 6) is 0. The van der Waals surface area contributed by atoms with Gasteiger partial charge in [-0.05, 0) is 24.3 Å². The highest BCUT2D eigenvalue weighted by Gasteiger charge is 2.09. The molecule has 0 amide bonds. The van der Waals surface area contributed by atoms with Crippen LogP contribution in [-0.2, 0) is 0 Å². The molecule has 0 atom stereocenters. The van der Waals surface area contributed by atoms with E-state index in [-0.39, 0.29) is 0 Å². The predicted molar refractivity (Wildman–Crippen MR) is 76.7 cm³/mol. The van der Waals surface area contributed by atoms with Crippen LogP contribution in [0, 0.1) is 0 Å². The van der Waals surface area contributed by atoms with Crippen molar-refractivity contribution in [3.05, 3.63) is 72.1 Å². The molecular formula is C16H14N2. The normalized spacial score (nSPS) is 21.1. The van der Waals surface area contributed by atoms with Crippen molar-refractivity contribution in [2.45, 2.75) is 0 Å². The van der Waals surface area contributed by atoms with Crippen LogP contribution in [-0.4, -0.2) is 18.2 Å². The summed E-state index contributed by atoms with van der Waals surface area (Å²) < 4.78 is 0. The van der Waals surface area contributed by atoms with Crippen LogP contribution in [0.25, 0.3) is 5.57 Å². The Labute approximate surface area is 107 Å². The molecule has 0 aromatic heterocycles. The van der Waals surface area contributed by atoms with Gasteiger partial charge in [0.2, 0.25) is 0 Å². The average molecular weight is 234 g/mol. The molecule has 0 aliphatic carbocycles. The first kappa shape index (κ1) is 10.8. The minimum atomic E-state index is 1.05. The third-order valence-corrected chi connectivity index (χ3v) is 3.09. The Morgan fingerprint density at radius 3 is 2.89 bits per heavy atom. The molecule has 2 aliphatic heterocycles. The average Bonchev–Trinajstić information content (AvgIpc) is 2.81. The Hall–Kier alpha value is -2.35. The molecule has 3 rings (SSSR count). The quantitative estimate of drug-likeness (QED) is 0.723. The van der Waals surface area contributed by atoms with Crippen molar-refractivity contribution in [2.24, 2.45) is 4.99 Å². The number of allylic oxidation sites excluding steroid dienone is 6. The Kier molecular flexibility index (Phi) is 2.69. The molecule has 0 spiro atoms. The summed E-state index contributed by atoms with van der Waals surface area (Å²) in [6.07, 6.45) is 14.4. The molecule has 0 unspecified atom stereocenters. The topological polar surface area (TPSA) is 15.6 Å². The summed E-state index contributed by atoms with van der Waals surface area (Å²) in [4.78, 5) is 6.49. The Morgan fingerprint density at radius 1 is 1.11 bits per heavy atom. The lowest BCUT2D eigenvalue weighted by molar-refractivity contribution is 0.584. The van der Waals surface area contributed by atoms with E-state index in [1.165, 1.54) is 11.3 Å². The molecule has 1 aromatic rings. The van der Waals surface area contributed by atoms with Crippen LogP contribution >= 0.6 is 0 Å². The van der Waals surface area contributed by atoms with E-state index in [0.717, 1.165) is 11.3 Å². The zero-order valence-corrected chi connectivity index (χ0v) is 10.2. The van der Waals surface area contributed by atoms with E-state index in [1.807, 2.05) is 49.8 Å². The van der Waals surface area contributed by atoms with Gasteiger partial charge in [0.1, 0.15) is 0 Å². The first-order valence-electron chi connectivity index (χ1n) is 5.98. The second kappa shape index (κ2) is 4.49. The van der Waals surface area contributed by atoms with E-state index in [2.05, 4.69) is 34.2 Å². The summed E-state index contributed by atoms with van der Waals surface area (Å²) in [5.41, 5.74) is 4.58. The number of likely N-dealkylation sites (N-methyl/N-ethyl adjacent to an activating group) is 1. The molecule has 2 aliphatic rings. The molecule has 2 heteroatoms. The molecule has 0 saturated carbocycles. The third-order valence-electron chi connectivity index (χ3n) is 3.09. The molecule has 1 aromatic carbocycles. The minimum absolute atomic E-state index is 1.05. The standard InChI is InChI=1S/C16H14N2/c1-18-11-5-4-6-14(18)10-9-13-12-17-16-8-3-2-7-15(13)16/h2-12H,1H3/b13-9+,14-10-. The van der Waals surface area contributed by atoms with E-state index in [4.69, 9.17) is 0 Å². The number of nitrogens with zero attached hydrogens (tertiary/aromatic N) is 2. The maximum Gasteiger partial charge on any atom is 0.0708 e. The molecule has 88 valence electrons. The maximum absolute atomic E-state index is 4.40. The van der Waals surface area contributed by atoms with Gasteiger partial charge in [0.25, 0.3) is 0 Å². The van der Waals surface area contributed by atoms with Gasteiger partial charge in [-0.2, -0.15) is 0 Å². The van der Waals surface area contributed by atoms with Gasteiger partial charge in [-0.1, -0.05) is 30.4 Å². The van der Waals surface area contributed by atoms with Crippen molar-refractivity contribution in [3.8, 4) is 0 Å². The predicted octanol–water partition coefficient (Wildman–Crippen LogP) is 3.69. The number of hydrogen-bond acceptors (Lipinski definition) is 2. The van der Waals surface area contributed by atoms with Crippen LogP contribution in [0.2, 0.25) is 0 Å². The highest BCUT2D eigenvalue weighted by molar-refractivity contribution is 6.16. The molecule has 18 heavy (non-hydrogen) atoms. The number of aliphatic imine (C=N–C) groups is 1. The zero-order chi connectivity index (χ0) is 12.4. The Morgan fingerprint density at radius 2 is 2.00 bits per heavy atom. The van der Waals surface area contributed by atoms with E-state index >= 15 is 0 Å². The van der Waals surface area contributed by atoms with Crippen LogP contribution in [0.3, 0.4) is 0 Å². The van der Waals surface area contributed by atoms with E-state index in [0.29, 0.717) is 0 Å². The highest BCUT2D eigenvalue weighted by atomic mass is 15.1. The minimum Gasteiger partial charge on any atom is -0.351 e. The molecular weight excluding hydrogens is 220 g/mol. The van der Waals surface area contributed by atoms with Crippen LogP contribution < -0.4 is 0 Å². The SMILES string of the molecule is CN1C=CC=C/C1=C/C=C1\C=Nc2ccccc21. The molecule has 0 radical (unpaired) electrons. The summed E-state index contributed by atoms with van der Waals surface area (Å²) in [5, 5.41) is 0. The first-order chi connectivity index (χ1) is 8.84. The highest BCUT2D eigenvalue weighted by Crippen LogP contribution is 2.30. The fourth-order valence-electron chi connectivity index (χ4n) is 2.06. The molecule has 2 heterocycles. The molecule has 0 saturated heterocycles.